The number of fused-ring (bicyclic) bond motifs is 2. The molecule has 40 heavy (non-hydrogen) atoms. The monoisotopic (exact) mass is 538 g/mol. The van der Waals surface area contributed by atoms with E-state index in [1.807, 2.05) is 18.2 Å². The highest BCUT2D eigenvalue weighted by molar-refractivity contribution is 5.88. The average molecular weight is 539 g/mol. The molecular formula is C30H27FN6O3. The third-order valence-electron chi connectivity index (χ3n) is 8.55. The molecule has 7 rings (SSSR count). The minimum Gasteiger partial charge on any atom is -0.389 e. The molecule has 7 atom stereocenters. The van der Waals surface area contributed by atoms with Crippen molar-refractivity contribution in [2.24, 2.45) is 11.3 Å². The molecule has 9 nitrogen and oxygen atoms in total. The van der Waals surface area contributed by atoms with Crippen LogP contribution < -0.4 is 10.6 Å². The van der Waals surface area contributed by atoms with Gasteiger partial charge in [0.05, 0.1) is 23.9 Å². The van der Waals surface area contributed by atoms with E-state index in [-0.39, 0.29) is 29.5 Å². The predicted octanol–water partition coefficient (Wildman–Crippen LogP) is 2.36. The number of hydrogen-bond acceptors (Lipinski definition) is 7. The number of nitrogens with one attached hydrogen (secondary N) is 2. The molecule has 1 amide bonds. The lowest BCUT2D eigenvalue weighted by Gasteiger charge is -2.23. The fraction of sp³-hybridized carbons (Fsp3) is 0.333. The average Bonchev–Trinajstić information content (AvgIpc) is 3.85. The Bertz CT molecular complexity index is 1700. The Kier molecular flexibility index (Phi) is 5.63. The summed E-state index contributed by atoms with van der Waals surface area (Å²) >= 11 is 0. The quantitative estimate of drug-likeness (QED) is 0.288. The molecule has 202 valence electrons. The Morgan fingerprint density at radius 1 is 1.12 bits per heavy atom. The number of aromatic nitrogens is 4. The Labute approximate surface area is 229 Å². The van der Waals surface area contributed by atoms with E-state index in [0.29, 0.717) is 34.9 Å². The van der Waals surface area contributed by atoms with Crippen molar-refractivity contribution >= 4 is 22.9 Å². The molecule has 3 unspecified atom stereocenters. The van der Waals surface area contributed by atoms with Gasteiger partial charge in [-0.15, -0.1) is 0 Å². The van der Waals surface area contributed by atoms with E-state index in [4.69, 9.17) is 0 Å². The lowest BCUT2D eigenvalue weighted by molar-refractivity contribution is -0.132. The van der Waals surface area contributed by atoms with E-state index in [9.17, 15) is 19.4 Å². The van der Waals surface area contributed by atoms with Crippen LogP contribution in [0.25, 0.3) is 11.2 Å². The van der Waals surface area contributed by atoms with Crippen LogP contribution >= 0.6 is 0 Å². The van der Waals surface area contributed by atoms with Crippen molar-refractivity contribution in [3.63, 3.8) is 0 Å². The molecule has 10 heteroatoms. The molecule has 2 heterocycles. The van der Waals surface area contributed by atoms with Crippen molar-refractivity contribution in [2.45, 2.75) is 43.1 Å². The number of aliphatic hydroxyl groups is 2. The van der Waals surface area contributed by atoms with Crippen molar-refractivity contribution in [3.05, 3.63) is 83.7 Å². The van der Waals surface area contributed by atoms with Gasteiger partial charge in [0.2, 0.25) is 11.7 Å². The van der Waals surface area contributed by atoms with Crippen LogP contribution in [0.2, 0.25) is 0 Å². The number of imidazole rings is 1. The Morgan fingerprint density at radius 2 is 1.95 bits per heavy atom. The summed E-state index contributed by atoms with van der Waals surface area (Å²) in [5.41, 5.74) is 1.65. The number of hydrogen-bond donors (Lipinski definition) is 4. The number of halogens is 1. The highest BCUT2D eigenvalue weighted by atomic mass is 19.1. The molecule has 3 saturated carbocycles. The minimum atomic E-state index is -1.20. The zero-order valence-corrected chi connectivity index (χ0v) is 21.6. The molecule has 0 bridgehead atoms. The maximum absolute atomic E-state index is 13.7. The molecule has 2 aromatic heterocycles. The maximum atomic E-state index is 13.7. The van der Waals surface area contributed by atoms with Crippen LogP contribution in [0.15, 0.2) is 60.9 Å². The molecule has 0 saturated heterocycles. The summed E-state index contributed by atoms with van der Waals surface area (Å²) < 4.78 is 15.4. The number of carbonyl (C=O) groups is 1. The molecule has 4 aromatic rings. The van der Waals surface area contributed by atoms with Gasteiger partial charge in [-0.25, -0.2) is 19.3 Å². The first-order valence-electron chi connectivity index (χ1n) is 13.3. The fourth-order valence-electron chi connectivity index (χ4n) is 6.37. The van der Waals surface area contributed by atoms with Gasteiger partial charge in [0.25, 0.3) is 0 Å². The van der Waals surface area contributed by atoms with Crippen molar-refractivity contribution in [1.29, 1.82) is 0 Å². The van der Waals surface area contributed by atoms with Gasteiger partial charge in [0.1, 0.15) is 11.9 Å². The first-order valence-corrected chi connectivity index (χ1v) is 13.3. The van der Waals surface area contributed by atoms with Crippen molar-refractivity contribution in [3.8, 4) is 11.8 Å². The van der Waals surface area contributed by atoms with Crippen LogP contribution in [0, 0.1) is 29.0 Å². The first-order chi connectivity index (χ1) is 19.4. The highest BCUT2D eigenvalue weighted by Crippen LogP contribution is 2.67. The molecule has 3 fully saturated rings. The van der Waals surface area contributed by atoms with E-state index in [1.54, 1.807) is 23.0 Å². The third-order valence-corrected chi connectivity index (χ3v) is 8.55. The van der Waals surface area contributed by atoms with Crippen LogP contribution in [0.4, 0.5) is 10.2 Å². The maximum Gasteiger partial charge on any atom is 0.229 e. The van der Waals surface area contributed by atoms with Gasteiger partial charge in [0, 0.05) is 30.5 Å². The van der Waals surface area contributed by atoms with Crippen LogP contribution in [-0.2, 0) is 4.79 Å². The van der Waals surface area contributed by atoms with Gasteiger partial charge < -0.3 is 25.4 Å². The molecule has 2 aromatic carbocycles. The van der Waals surface area contributed by atoms with Crippen molar-refractivity contribution in [2.75, 3.05) is 12.4 Å². The number of amides is 1. The molecule has 3 aliphatic carbocycles. The van der Waals surface area contributed by atoms with Crippen LogP contribution in [0.1, 0.15) is 41.8 Å². The number of carbonyl (C=O) groups excluding carboxylic acids is 1. The summed E-state index contributed by atoms with van der Waals surface area (Å²) in [6.45, 7) is 0. The summed E-state index contributed by atoms with van der Waals surface area (Å²) in [7, 11) is 1.53. The molecule has 0 radical (unpaired) electrons. The smallest absolute Gasteiger partial charge is 0.229 e. The second-order valence-electron chi connectivity index (χ2n) is 10.8. The standard InChI is InChI=1S/C30H27FN6O3/c1-32-29(40)30-14-20(30)24(25(38)26(30)39)37-15-33-23-27(34-21-13-19(21)17-7-3-2-4-8-17)35-22(36-28(23)37)11-10-16-6-5-9-18(31)12-16/h2-9,12,15,19-21,24-26,38-39H,13-14H2,1H3,(H,32,40)(H,34,35,36)/t19-,20?,21?,24+,25?,26-,30+/m0/s1. The predicted molar refractivity (Wildman–Crippen MR) is 145 cm³/mol. The van der Waals surface area contributed by atoms with E-state index >= 15 is 0 Å². The van der Waals surface area contributed by atoms with E-state index in [2.05, 4.69) is 49.6 Å². The largest absolute Gasteiger partial charge is 0.389 e. The Balaban J connectivity index is 1.28. The van der Waals surface area contributed by atoms with Gasteiger partial charge >= 0.3 is 0 Å². The summed E-state index contributed by atoms with van der Waals surface area (Å²) in [6, 6.07) is 15.8. The van der Waals surface area contributed by atoms with Gasteiger partial charge in [-0.2, -0.15) is 0 Å². The molecule has 0 spiro atoms. The van der Waals surface area contributed by atoms with Gasteiger partial charge in [0.15, 0.2) is 17.0 Å². The summed E-state index contributed by atoms with van der Waals surface area (Å²) in [5, 5.41) is 28.0. The molecule has 0 aliphatic heterocycles. The third kappa shape index (κ3) is 3.85. The van der Waals surface area contributed by atoms with Gasteiger partial charge in [-0.1, -0.05) is 42.3 Å². The van der Waals surface area contributed by atoms with E-state index < -0.39 is 23.7 Å². The first kappa shape index (κ1) is 24.7. The zero-order chi connectivity index (χ0) is 27.6. The Morgan fingerprint density at radius 3 is 2.73 bits per heavy atom. The number of benzene rings is 2. The number of aliphatic hydroxyl groups excluding tert-OH is 2. The second kappa shape index (κ2) is 9.11. The lowest BCUT2D eigenvalue weighted by Crippen LogP contribution is -2.41. The summed E-state index contributed by atoms with van der Waals surface area (Å²) in [4.78, 5) is 26.6. The topological polar surface area (TPSA) is 125 Å². The normalized spacial score (nSPS) is 29.8. The number of rotatable bonds is 5. The van der Waals surface area contributed by atoms with Crippen LogP contribution in [0.3, 0.4) is 0 Å². The molecule has 3 aliphatic rings. The molecule has 4 N–H and O–H groups in total. The fourth-order valence-corrected chi connectivity index (χ4v) is 6.37. The van der Waals surface area contributed by atoms with Crippen LogP contribution in [0.5, 0.6) is 0 Å². The lowest BCUT2D eigenvalue weighted by atomic mass is 9.98. The minimum absolute atomic E-state index is 0.151. The SMILES string of the molecule is CNC(=O)[C@]12CC1[C@@H](n1cnc3c(NC4C[C@H]4c4ccccc4)nc(C#Cc4cccc(F)c4)nc31)C(O)[C@@H]2O. The van der Waals surface area contributed by atoms with Crippen molar-refractivity contribution in [1.82, 2.24) is 24.8 Å². The van der Waals surface area contributed by atoms with E-state index in [0.717, 1.165) is 6.42 Å². The number of nitrogens with zero attached hydrogens (tertiary/aromatic N) is 4. The second-order valence-corrected chi connectivity index (χ2v) is 10.8. The van der Waals surface area contributed by atoms with E-state index in [1.165, 1.54) is 24.7 Å². The zero-order valence-electron chi connectivity index (χ0n) is 21.6. The van der Waals surface area contributed by atoms with Crippen LogP contribution in [-0.4, -0.2) is 60.9 Å². The summed E-state index contributed by atoms with van der Waals surface area (Å²) in [5.74, 6) is 5.99. The number of anilines is 1. The highest BCUT2D eigenvalue weighted by Gasteiger charge is 2.75. The Hall–Kier alpha value is -4.33. The summed E-state index contributed by atoms with van der Waals surface area (Å²) in [6.07, 6.45) is 0.593. The van der Waals surface area contributed by atoms with Crippen molar-refractivity contribution < 1.29 is 19.4 Å². The molecular weight excluding hydrogens is 511 g/mol. The van der Waals surface area contributed by atoms with Gasteiger partial charge in [-0.05, 0) is 42.5 Å². The van der Waals surface area contributed by atoms with Gasteiger partial charge in [-0.3, -0.25) is 4.79 Å².